The van der Waals surface area contributed by atoms with Crippen molar-refractivity contribution in [2.75, 3.05) is 18.5 Å². The lowest BCUT2D eigenvalue weighted by atomic mass is 10.1. The van der Waals surface area contributed by atoms with Gasteiger partial charge >= 0.3 is 12.4 Å². The molecule has 2 fully saturated rings. The van der Waals surface area contributed by atoms with Gasteiger partial charge in [0.2, 0.25) is 11.8 Å². The quantitative estimate of drug-likeness (QED) is 0.398. The number of hydrogen-bond acceptors (Lipinski definition) is 6. The zero-order chi connectivity index (χ0) is 27.9. The van der Waals surface area contributed by atoms with E-state index in [9.17, 15) is 27.6 Å². The molecular formula is C26H25F3N4O6. The molecule has 3 aromatic rings. The van der Waals surface area contributed by atoms with Gasteiger partial charge in [-0.1, -0.05) is 6.07 Å². The number of fused-ring (bicyclic) bond motifs is 2. The molecule has 5 rings (SSSR count). The van der Waals surface area contributed by atoms with E-state index in [2.05, 4.69) is 10.1 Å². The third-order valence-corrected chi connectivity index (χ3v) is 6.83. The first-order chi connectivity index (χ1) is 18.5. The van der Waals surface area contributed by atoms with Gasteiger partial charge in [0.1, 0.15) is 24.1 Å². The Morgan fingerprint density at radius 3 is 2.62 bits per heavy atom. The van der Waals surface area contributed by atoms with Crippen LogP contribution in [0.3, 0.4) is 0 Å². The summed E-state index contributed by atoms with van der Waals surface area (Å²) in [5.74, 6) is -0.728. The fourth-order valence-electron chi connectivity index (χ4n) is 5.15. The highest BCUT2D eigenvalue weighted by atomic mass is 19.4. The maximum absolute atomic E-state index is 13.5. The van der Waals surface area contributed by atoms with Crippen molar-refractivity contribution >= 4 is 34.4 Å². The Labute approximate surface area is 220 Å². The predicted octanol–water partition coefficient (Wildman–Crippen LogP) is 3.01. The number of piperidine rings is 1. The molecule has 1 aliphatic heterocycles. The van der Waals surface area contributed by atoms with Crippen LogP contribution in [0.15, 0.2) is 48.7 Å². The van der Waals surface area contributed by atoms with E-state index in [4.69, 9.17) is 15.6 Å². The molecule has 1 unspecified atom stereocenters. The Kier molecular flexibility index (Phi) is 6.85. The Morgan fingerprint density at radius 1 is 1.10 bits per heavy atom. The molecule has 2 aromatic carbocycles. The Hall–Kier alpha value is -4.26. The molecule has 1 aliphatic carbocycles. The van der Waals surface area contributed by atoms with Crippen LogP contribution in [-0.2, 0) is 16.0 Å². The summed E-state index contributed by atoms with van der Waals surface area (Å²) >= 11 is 0. The number of halogens is 3. The fraction of sp³-hybridized carbons (Fsp3) is 0.346. The van der Waals surface area contributed by atoms with E-state index in [1.165, 1.54) is 27.8 Å². The number of aliphatic hydroxyl groups is 1. The number of aliphatic hydroxyl groups excluding tert-OH is 1. The Bertz CT molecular complexity index is 1440. The summed E-state index contributed by atoms with van der Waals surface area (Å²) in [4.78, 5) is 40.2. The molecule has 10 nitrogen and oxygen atoms in total. The molecule has 1 saturated heterocycles. The first-order valence-corrected chi connectivity index (χ1v) is 12.2. The van der Waals surface area contributed by atoms with E-state index in [0.29, 0.717) is 28.6 Å². The number of likely N-dealkylation sites (tertiary alicyclic amines) is 1. The number of ether oxygens (including phenoxy) is 2. The molecule has 0 bridgehead atoms. The molecule has 1 saturated carbocycles. The van der Waals surface area contributed by atoms with Gasteiger partial charge in [-0.15, -0.1) is 13.2 Å². The molecule has 13 heteroatoms. The van der Waals surface area contributed by atoms with Crippen LogP contribution < -0.4 is 20.5 Å². The van der Waals surface area contributed by atoms with Crippen LogP contribution in [0, 0.1) is 5.92 Å². The molecule has 206 valence electrons. The number of nitrogens with zero attached hydrogens (tertiary/aromatic N) is 2. The number of hydrogen-bond donors (Lipinski definition) is 3. The van der Waals surface area contributed by atoms with Crippen molar-refractivity contribution in [2.45, 2.75) is 37.7 Å². The Balaban J connectivity index is 1.35. The second-order valence-electron chi connectivity index (χ2n) is 9.47. The number of aromatic nitrogens is 1. The summed E-state index contributed by atoms with van der Waals surface area (Å²) < 4.78 is 48.3. The van der Waals surface area contributed by atoms with E-state index in [-0.39, 0.29) is 43.2 Å². The van der Waals surface area contributed by atoms with Gasteiger partial charge in [0.25, 0.3) is 0 Å². The first kappa shape index (κ1) is 26.4. The number of carbonyl (C=O) groups excluding carboxylic acids is 3. The van der Waals surface area contributed by atoms with E-state index in [1.807, 2.05) is 0 Å². The van der Waals surface area contributed by atoms with E-state index in [1.54, 1.807) is 18.2 Å². The summed E-state index contributed by atoms with van der Waals surface area (Å²) in [5.41, 5.74) is 6.60. The lowest BCUT2D eigenvalue weighted by Crippen LogP contribution is -2.46. The molecule has 0 spiro atoms. The van der Waals surface area contributed by atoms with Crippen molar-refractivity contribution in [3.63, 3.8) is 0 Å². The van der Waals surface area contributed by atoms with Crippen LogP contribution in [-0.4, -0.2) is 64.1 Å². The van der Waals surface area contributed by atoms with Crippen molar-refractivity contribution in [3.8, 4) is 11.5 Å². The molecule has 1 aromatic heterocycles. The number of nitrogens with one attached hydrogen (secondary N) is 1. The van der Waals surface area contributed by atoms with Gasteiger partial charge in [0.15, 0.2) is 0 Å². The van der Waals surface area contributed by atoms with Crippen LogP contribution in [0.5, 0.6) is 11.5 Å². The summed E-state index contributed by atoms with van der Waals surface area (Å²) in [5, 5.41) is 12.2. The standard InChI is InChI=1S/C26H25F3N4O6/c27-26(28,29)39-18-3-1-2-16(11-18)31-24(36)22-9-14-8-21(14)33(22)23(35)10-15-13-32(25(30)37)20-5-4-17(12-19(15)20)38-7-6-34/h1-5,11-14,21-22,34H,6-10H2,(H2,30,37)(H,31,36)/t14?,21-,22+/m1/s1. The SMILES string of the molecule is NC(=O)n1cc(CC(=O)N2[C@@H]3CC3C[C@H]2C(=O)Nc2cccc(OC(F)(F)F)c2)c2cc(OCCO)ccc21. The van der Waals surface area contributed by atoms with Gasteiger partial charge in [-0.3, -0.25) is 14.2 Å². The number of carbonyl (C=O) groups is 3. The smallest absolute Gasteiger partial charge is 0.491 e. The molecule has 0 radical (unpaired) electrons. The van der Waals surface area contributed by atoms with Crippen LogP contribution in [0.25, 0.3) is 10.9 Å². The zero-order valence-electron chi connectivity index (χ0n) is 20.5. The fourth-order valence-corrected chi connectivity index (χ4v) is 5.15. The first-order valence-electron chi connectivity index (χ1n) is 12.2. The molecule has 39 heavy (non-hydrogen) atoms. The summed E-state index contributed by atoms with van der Waals surface area (Å²) in [6, 6.07) is 8.17. The molecule has 3 atom stereocenters. The second-order valence-corrected chi connectivity index (χ2v) is 9.47. The van der Waals surface area contributed by atoms with Crippen LogP contribution in [0.1, 0.15) is 18.4 Å². The van der Waals surface area contributed by atoms with Crippen molar-refractivity contribution in [2.24, 2.45) is 11.7 Å². The monoisotopic (exact) mass is 546 g/mol. The van der Waals surface area contributed by atoms with E-state index in [0.717, 1.165) is 18.6 Å². The number of rotatable bonds is 8. The third-order valence-electron chi connectivity index (χ3n) is 6.83. The topological polar surface area (TPSA) is 136 Å². The van der Waals surface area contributed by atoms with Crippen molar-refractivity contribution in [1.82, 2.24) is 9.47 Å². The van der Waals surface area contributed by atoms with Crippen LogP contribution >= 0.6 is 0 Å². The molecule has 2 aliphatic rings. The number of anilines is 1. The number of primary amides is 1. The number of alkyl halides is 3. The maximum atomic E-state index is 13.5. The predicted molar refractivity (Wildman–Crippen MR) is 132 cm³/mol. The van der Waals surface area contributed by atoms with Gasteiger partial charge in [0.05, 0.1) is 18.5 Å². The van der Waals surface area contributed by atoms with Crippen LogP contribution in [0.2, 0.25) is 0 Å². The van der Waals surface area contributed by atoms with Crippen molar-refractivity contribution in [1.29, 1.82) is 0 Å². The largest absolute Gasteiger partial charge is 0.573 e. The normalized spacial score (nSPS) is 20.0. The van der Waals surface area contributed by atoms with Gasteiger partial charge in [-0.05, 0) is 54.7 Å². The highest BCUT2D eigenvalue weighted by Gasteiger charge is 2.55. The van der Waals surface area contributed by atoms with E-state index < -0.39 is 30.1 Å². The summed E-state index contributed by atoms with van der Waals surface area (Å²) in [6.07, 6.45) is -2.33. The highest BCUT2D eigenvalue weighted by Crippen LogP contribution is 2.48. The number of nitrogens with two attached hydrogens (primary N) is 1. The Morgan fingerprint density at radius 2 is 1.90 bits per heavy atom. The highest BCUT2D eigenvalue weighted by molar-refractivity contribution is 6.00. The maximum Gasteiger partial charge on any atom is 0.573 e. The van der Waals surface area contributed by atoms with Crippen molar-refractivity contribution < 1.29 is 42.1 Å². The second kappa shape index (κ2) is 10.1. The average Bonchev–Trinajstić information content (AvgIpc) is 3.37. The molecule has 3 amide bonds. The summed E-state index contributed by atoms with van der Waals surface area (Å²) in [7, 11) is 0. The third kappa shape index (κ3) is 5.62. The zero-order valence-corrected chi connectivity index (χ0v) is 20.5. The van der Waals surface area contributed by atoms with Gasteiger partial charge in [-0.2, -0.15) is 0 Å². The lowest BCUT2D eigenvalue weighted by Gasteiger charge is -2.27. The minimum absolute atomic E-state index is 0.0647. The van der Waals surface area contributed by atoms with Gasteiger partial charge in [0, 0.05) is 29.4 Å². The van der Waals surface area contributed by atoms with Gasteiger partial charge in [-0.25, -0.2) is 4.79 Å². The average molecular weight is 547 g/mol. The van der Waals surface area contributed by atoms with Gasteiger partial charge < -0.3 is 30.5 Å². The minimum atomic E-state index is -4.87. The number of benzene rings is 2. The lowest BCUT2D eigenvalue weighted by molar-refractivity contribution is -0.274. The minimum Gasteiger partial charge on any atom is -0.491 e. The molecule has 4 N–H and O–H groups in total. The van der Waals surface area contributed by atoms with Crippen molar-refractivity contribution in [3.05, 3.63) is 54.2 Å². The molecular weight excluding hydrogens is 521 g/mol. The van der Waals surface area contributed by atoms with Crippen LogP contribution in [0.4, 0.5) is 23.7 Å². The molecule has 2 heterocycles. The number of amides is 3. The van der Waals surface area contributed by atoms with E-state index >= 15 is 0 Å². The summed E-state index contributed by atoms with van der Waals surface area (Å²) in [6.45, 7) is -0.124.